The van der Waals surface area contributed by atoms with Crippen LogP contribution in [0.1, 0.15) is 45.5 Å². The SMILES string of the molecule is Cc1ccc2c(c1)C(=O)N(CC1CCCC1C(=O)O)C2=O. The molecule has 2 aliphatic rings. The minimum absolute atomic E-state index is 0.134. The number of carboxylic acids is 1. The number of carbonyl (C=O) groups is 3. The Bertz CT molecular complexity index is 637. The van der Waals surface area contributed by atoms with Crippen molar-refractivity contribution in [3.8, 4) is 0 Å². The van der Waals surface area contributed by atoms with Crippen molar-refractivity contribution in [3.05, 3.63) is 34.9 Å². The summed E-state index contributed by atoms with van der Waals surface area (Å²) in [5.74, 6) is -2.01. The van der Waals surface area contributed by atoms with Crippen molar-refractivity contribution < 1.29 is 19.5 Å². The van der Waals surface area contributed by atoms with Gasteiger partial charge in [-0.25, -0.2) is 0 Å². The summed E-state index contributed by atoms with van der Waals surface area (Å²) in [6, 6.07) is 5.20. The van der Waals surface area contributed by atoms with E-state index in [1.807, 2.05) is 13.0 Å². The molecule has 1 aromatic rings. The predicted molar refractivity (Wildman–Crippen MR) is 75.0 cm³/mol. The third kappa shape index (κ3) is 2.22. The number of hydrogen-bond acceptors (Lipinski definition) is 3. The minimum Gasteiger partial charge on any atom is -0.481 e. The molecular formula is C16H17NO4. The van der Waals surface area contributed by atoms with Gasteiger partial charge in [0.2, 0.25) is 0 Å². The van der Waals surface area contributed by atoms with Crippen molar-refractivity contribution >= 4 is 17.8 Å². The Morgan fingerprint density at radius 3 is 2.67 bits per heavy atom. The van der Waals surface area contributed by atoms with E-state index in [1.54, 1.807) is 12.1 Å². The Morgan fingerprint density at radius 2 is 1.95 bits per heavy atom. The predicted octanol–water partition coefficient (Wildman–Crippen LogP) is 2.09. The van der Waals surface area contributed by atoms with Crippen molar-refractivity contribution in [3.63, 3.8) is 0 Å². The van der Waals surface area contributed by atoms with Gasteiger partial charge < -0.3 is 5.11 Å². The molecule has 1 heterocycles. The molecule has 0 saturated heterocycles. The summed E-state index contributed by atoms with van der Waals surface area (Å²) in [4.78, 5) is 37.2. The molecule has 110 valence electrons. The number of carbonyl (C=O) groups excluding carboxylic acids is 2. The Balaban J connectivity index is 1.84. The lowest BCUT2D eigenvalue weighted by molar-refractivity contribution is -0.143. The van der Waals surface area contributed by atoms with Crippen molar-refractivity contribution in [1.82, 2.24) is 4.90 Å². The second-order valence-electron chi connectivity index (χ2n) is 5.91. The molecule has 21 heavy (non-hydrogen) atoms. The van der Waals surface area contributed by atoms with Gasteiger partial charge in [0.25, 0.3) is 11.8 Å². The molecule has 1 aliphatic carbocycles. The van der Waals surface area contributed by atoms with Gasteiger partial charge in [-0.3, -0.25) is 19.3 Å². The lowest BCUT2D eigenvalue weighted by Gasteiger charge is -2.21. The summed E-state index contributed by atoms with van der Waals surface area (Å²) in [6.45, 7) is 2.08. The largest absolute Gasteiger partial charge is 0.481 e. The first-order valence-corrected chi connectivity index (χ1v) is 7.18. The highest BCUT2D eigenvalue weighted by atomic mass is 16.4. The van der Waals surface area contributed by atoms with Crippen LogP contribution in [0.2, 0.25) is 0 Å². The van der Waals surface area contributed by atoms with Gasteiger partial charge in [-0.05, 0) is 37.8 Å². The summed E-state index contributed by atoms with van der Waals surface area (Å²) in [7, 11) is 0. The number of nitrogens with zero attached hydrogens (tertiary/aromatic N) is 1. The molecule has 5 nitrogen and oxygen atoms in total. The Hall–Kier alpha value is -2.17. The number of fused-ring (bicyclic) bond motifs is 1. The van der Waals surface area contributed by atoms with Crippen LogP contribution in [0, 0.1) is 18.8 Å². The summed E-state index contributed by atoms with van der Waals surface area (Å²) in [6.07, 6.45) is 2.22. The van der Waals surface area contributed by atoms with Crippen LogP contribution < -0.4 is 0 Å². The van der Waals surface area contributed by atoms with Gasteiger partial charge in [-0.2, -0.15) is 0 Å². The number of aliphatic carboxylic acids is 1. The fraction of sp³-hybridized carbons (Fsp3) is 0.438. The number of aryl methyl sites for hydroxylation is 1. The molecule has 3 rings (SSSR count). The highest BCUT2D eigenvalue weighted by molar-refractivity contribution is 6.21. The number of rotatable bonds is 3. The van der Waals surface area contributed by atoms with Gasteiger partial charge in [0, 0.05) is 6.54 Å². The maximum atomic E-state index is 12.4. The molecule has 2 amide bonds. The smallest absolute Gasteiger partial charge is 0.306 e. The molecule has 1 saturated carbocycles. The van der Waals surface area contributed by atoms with Crippen LogP contribution >= 0.6 is 0 Å². The van der Waals surface area contributed by atoms with Gasteiger partial charge in [0.1, 0.15) is 0 Å². The van der Waals surface area contributed by atoms with E-state index in [0.29, 0.717) is 17.5 Å². The molecule has 0 radical (unpaired) electrons. The molecule has 1 aromatic carbocycles. The first-order valence-electron chi connectivity index (χ1n) is 7.18. The highest BCUT2D eigenvalue weighted by Gasteiger charge is 2.40. The van der Waals surface area contributed by atoms with Gasteiger partial charge >= 0.3 is 5.97 Å². The Kier molecular flexibility index (Phi) is 3.27. The molecule has 2 unspecified atom stereocenters. The minimum atomic E-state index is -0.829. The van der Waals surface area contributed by atoms with Crippen molar-refractivity contribution in [2.45, 2.75) is 26.2 Å². The fourth-order valence-corrected chi connectivity index (χ4v) is 3.39. The van der Waals surface area contributed by atoms with E-state index in [1.165, 1.54) is 4.90 Å². The zero-order valence-corrected chi connectivity index (χ0v) is 11.8. The lowest BCUT2D eigenvalue weighted by Crippen LogP contribution is -2.37. The van der Waals surface area contributed by atoms with E-state index in [-0.39, 0.29) is 24.3 Å². The monoisotopic (exact) mass is 287 g/mol. The van der Waals surface area contributed by atoms with Crippen LogP contribution in [0.15, 0.2) is 18.2 Å². The number of imide groups is 1. The van der Waals surface area contributed by atoms with E-state index in [4.69, 9.17) is 0 Å². The zero-order chi connectivity index (χ0) is 15.1. The molecular weight excluding hydrogens is 270 g/mol. The molecule has 0 spiro atoms. The number of amides is 2. The van der Waals surface area contributed by atoms with Gasteiger partial charge in [0.05, 0.1) is 17.0 Å². The third-order valence-electron chi connectivity index (χ3n) is 4.52. The lowest BCUT2D eigenvalue weighted by atomic mass is 9.95. The third-order valence-corrected chi connectivity index (χ3v) is 4.52. The average molecular weight is 287 g/mol. The van der Waals surface area contributed by atoms with E-state index >= 15 is 0 Å². The molecule has 1 fully saturated rings. The van der Waals surface area contributed by atoms with Crippen LogP contribution in [0.3, 0.4) is 0 Å². The van der Waals surface area contributed by atoms with Gasteiger partial charge in [0.15, 0.2) is 0 Å². The van der Waals surface area contributed by atoms with Gasteiger partial charge in [-0.15, -0.1) is 0 Å². The molecule has 2 atom stereocenters. The van der Waals surface area contributed by atoms with Crippen molar-refractivity contribution in [1.29, 1.82) is 0 Å². The van der Waals surface area contributed by atoms with E-state index in [2.05, 4.69) is 0 Å². The molecule has 0 bridgehead atoms. The summed E-state index contributed by atoms with van der Waals surface area (Å²) < 4.78 is 0. The Morgan fingerprint density at radius 1 is 1.24 bits per heavy atom. The zero-order valence-electron chi connectivity index (χ0n) is 11.8. The first-order chi connectivity index (χ1) is 9.99. The number of carboxylic acid groups (broad SMARTS) is 1. The summed E-state index contributed by atoms with van der Waals surface area (Å²) in [5, 5.41) is 9.21. The number of hydrogen-bond donors (Lipinski definition) is 1. The van der Waals surface area contributed by atoms with E-state index in [0.717, 1.165) is 18.4 Å². The second-order valence-corrected chi connectivity index (χ2v) is 5.91. The maximum Gasteiger partial charge on any atom is 0.306 e. The molecule has 1 aliphatic heterocycles. The highest BCUT2D eigenvalue weighted by Crippen LogP contribution is 2.34. The molecule has 0 aromatic heterocycles. The Labute approximate surface area is 122 Å². The van der Waals surface area contributed by atoms with E-state index < -0.39 is 11.9 Å². The number of benzene rings is 1. The van der Waals surface area contributed by atoms with Crippen LogP contribution in [0.5, 0.6) is 0 Å². The first kappa shape index (κ1) is 13.8. The quantitative estimate of drug-likeness (QED) is 0.864. The molecule has 5 heteroatoms. The van der Waals surface area contributed by atoms with Crippen LogP contribution in [-0.2, 0) is 4.79 Å². The normalized spacial score (nSPS) is 24.5. The van der Waals surface area contributed by atoms with E-state index in [9.17, 15) is 19.5 Å². The second kappa shape index (κ2) is 4.98. The topological polar surface area (TPSA) is 74.7 Å². The van der Waals surface area contributed by atoms with Gasteiger partial charge in [-0.1, -0.05) is 18.1 Å². The summed E-state index contributed by atoms with van der Waals surface area (Å²) >= 11 is 0. The molecule has 1 N–H and O–H groups in total. The van der Waals surface area contributed by atoms with Crippen LogP contribution in [0.4, 0.5) is 0 Å². The average Bonchev–Trinajstić information content (AvgIpc) is 2.99. The summed E-state index contributed by atoms with van der Waals surface area (Å²) in [5.41, 5.74) is 1.79. The standard InChI is InChI=1S/C16H17NO4/c1-9-5-6-12-13(7-9)15(19)17(14(12)18)8-10-3-2-4-11(10)16(20)21/h5-7,10-11H,2-4,8H2,1H3,(H,20,21). The van der Waals surface area contributed by atoms with Crippen LogP contribution in [0.25, 0.3) is 0 Å². The fourth-order valence-electron chi connectivity index (χ4n) is 3.39. The maximum absolute atomic E-state index is 12.4. The van der Waals surface area contributed by atoms with Crippen LogP contribution in [-0.4, -0.2) is 34.3 Å². The van der Waals surface area contributed by atoms with Crippen molar-refractivity contribution in [2.75, 3.05) is 6.54 Å². The van der Waals surface area contributed by atoms with Crippen molar-refractivity contribution in [2.24, 2.45) is 11.8 Å².